The van der Waals surface area contributed by atoms with Crippen LogP contribution in [0.1, 0.15) is 0 Å². The molecule has 0 bridgehead atoms. The van der Waals surface area contributed by atoms with Crippen LogP contribution in [0.15, 0.2) is 0 Å². The Morgan fingerprint density at radius 1 is 0.636 bits per heavy atom. The van der Waals surface area contributed by atoms with E-state index in [2.05, 4.69) is 7.26 Å². The monoisotopic (exact) mass is 254 g/mol. The molecule has 68 valence electrons. The summed E-state index contributed by atoms with van der Waals surface area (Å²) in [6.45, 7) is 0. The van der Waals surface area contributed by atoms with Gasteiger partial charge >= 0.3 is 0 Å². The summed E-state index contributed by atoms with van der Waals surface area (Å²) in [7, 11) is 0. The first kappa shape index (κ1) is 12.6. The van der Waals surface area contributed by atoms with Gasteiger partial charge in [0.1, 0.15) is 0 Å². The maximum atomic E-state index is 4.70. The average molecular weight is 254 g/mol. The third-order valence-corrected chi connectivity index (χ3v) is 2.72. The van der Waals surface area contributed by atoms with E-state index >= 15 is 0 Å². The van der Waals surface area contributed by atoms with E-state index in [1.807, 2.05) is 0 Å². The molecule has 0 fully saturated rings. The molecule has 0 saturated carbocycles. The second kappa shape index (κ2) is 11.6. The van der Waals surface area contributed by atoms with E-state index in [0.29, 0.717) is 0 Å². The minimum Gasteiger partial charge on any atom is -0.219 e. The Bertz CT molecular complexity index is 65.5. The van der Waals surface area contributed by atoms with Crippen molar-refractivity contribution in [3.63, 3.8) is 0 Å². The lowest BCUT2D eigenvalue weighted by Gasteiger charge is -1.96. The van der Waals surface area contributed by atoms with Crippen LogP contribution >= 0.6 is 61.1 Å². The highest BCUT2D eigenvalue weighted by atomic mass is 32.3. The number of hydrogen-bond donors (Lipinski definition) is 0. The molecule has 0 aromatic rings. The second-order valence-electron chi connectivity index (χ2n) is 0.810. The van der Waals surface area contributed by atoms with Gasteiger partial charge in [0.25, 0.3) is 0 Å². The van der Waals surface area contributed by atoms with E-state index in [1.165, 1.54) is 24.1 Å². The highest BCUT2D eigenvalue weighted by molar-refractivity contribution is 8.13. The van der Waals surface area contributed by atoms with Crippen molar-refractivity contribution < 1.29 is 14.5 Å². The molecule has 0 N–H and O–H groups in total. The summed E-state index contributed by atoms with van der Waals surface area (Å²) >= 11 is 4.85. The Labute approximate surface area is 87.8 Å². The van der Waals surface area contributed by atoms with E-state index in [-0.39, 0.29) is 0 Å². The molecule has 0 heterocycles. The fourth-order valence-corrected chi connectivity index (χ4v) is 1.62. The third kappa shape index (κ3) is 11.6. The molecule has 0 aliphatic rings. The molecular weight excluding hydrogens is 248 g/mol. The van der Waals surface area contributed by atoms with Crippen LogP contribution in [0.2, 0.25) is 0 Å². The summed E-state index contributed by atoms with van der Waals surface area (Å²) in [5, 5.41) is 0. The van der Waals surface area contributed by atoms with Gasteiger partial charge in [0.2, 0.25) is 0 Å². The zero-order valence-electron chi connectivity index (χ0n) is 5.67. The van der Waals surface area contributed by atoms with Crippen molar-refractivity contribution in [3.8, 4) is 0 Å². The molecule has 0 aromatic carbocycles. The molecule has 0 rings (SSSR count). The van der Waals surface area contributed by atoms with E-state index in [9.17, 15) is 0 Å². The van der Waals surface area contributed by atoms with Crippen molar-refractivity contribution in [2.75, 3.05) is 12.5 Å². The maximum Gasteiger partial charge on any atom is 0.188 e. The first-order chi connectivity index (χ1) is 5.41. The summed E-state index contributed by atoms with van der Waals surface area (Å²) < 4.78 is 18.7. The smallest absolute Gasteiger partial charge is 0.188 e. The largest absolute Gasteiger partial charge is 0.219 e. The predicted molar refractivity (Wildman–Crippen MR) is 54.1 cm³/mol. The Morgan fingerprint density at radius 2 is 1.00 bits per heavy atom. The van der Waals surface area contributed by atoms with Gasteiger partial charge in [-0.2, -0.15) is 7.26 Å². The standard InChI is InChI=1S/C2H6O4S5/c1-7-3-9-5-11-6-10-4-8-2/h1-2H3. The fourth-order valence-electron chi connectivity index (χ4n) is 0.112. The van der Waals surface area contributed by atoms with Crippen molar-refractivity contribution in [2.24, 2.45) is 0 Å². The lowest BCUT2D eigenvalue weighted by Crippen LogP contribution is -1.68. The zero-order chi connectivity index (χ0) is 8.36. The minimum absolute atomic E-state index is 0.782. The quantitative estimate of drug-likeness (QED) is 0.479. The van der Waals surface area contributed by atoms with Gasteiger partial charge in [0.05, 0.1) is 0 Å². The van der Waals surface area contributed by atoms with Crippen molar-refractivity contribution in [1.29, 1.82) is 0 Å². The SMILES string of the molecule is CSOSOSOSOSC. The van der Waals surface area contributed by atoms with Gasteiger partial charge in [0.15, 0.2) is 37.0 Å². The van der Waals surface area contributed by atoms with Gasteiger partial charge in [-0.25, -0.2) is 7.26 Å². The molecule has 0 aliphatic heterocycles. The van der Waals surface area contributed by atoms with Gasteiger partial charge < -0.3 is 0 Å². The highest BCUT2D eigenvalue weighted by Crippen LogP contribution is 2.26. The number of hydrogen-bond acceptors (Lipinski definition) is 9. The molecule has 9 heteroatoms. The van der Waals surface area contributed by atoms with E-state index in [4.69, 9.17) is 7.26 Å². The molecule has 4 nitrogen and oxygen atoms in total. The Hall–Kier alpha value is 1.59. The molecule has 0 saturated heterocycles. The van der Waals surface area contributed by atoms with Gasteiger partial charge in [-0.1, -0.05) is 0 Å². The minimum atomic E-state index is 0.782. The average Bonchev–Trinajstić information content (AvgIpc) is 2.03. The second-order valence-corrected chi connectivity index (χ2v) is 4.06. The lowest BCUT2D eigenvalue weighted by atomic mass is 12.0. The Morgan fingerprint density at radius 3 is 1.36 bits per heavy atom. The lowest BCUT2D eigenvalue weighted by molar-refractivity contribution is 0.569. The molecule has 0 aromatic heterocycles. The van der Waals surface area contributed by atoms with E-state index < -0.39 is 0 Å². The van der Waals surface area contributed by atoms with Gasteiger partial charge in [-0.3, -0.25) is 0 Å². The molecular formula is C2H6O4S5. The summed E-state index contributed by atoms with van der Waals surface area (Å²) in [5.74, 6) is 0. The number of rotatable bonds is 8. The van der Waals surface area contributed by atoms with Crippen molar-refractivity contribution in [2.45, 2.75) is 0 Å². The van der Waals surface area contributed by atoms with Crippen LogP contribution in [0.4, 0.5) is 0 Å². The Balaban J connectivity index is 2.69. The third-order valence-electron chi connectivity index (χ3n) is 0.303. The summed E-state index contributed by atoms with van der Waals surface area (Å²) in [6.07, 6.45) is 3.57. The van der Waals surface area contributed by atoms with Crippen LogP contribution in [0.5, 0.6) is 0 Å². The molecule has 11 heavy (non-hydrogen) atoms. The summed E-state index contributed by atoms with van der Waals surface area (Å²) in [6, 6.07) is 0. The first-order valence-corrected chi connectivity index (χ1v) is 6.45. The van der Waals surface area contributed by atoms with Crippen LogP contribution in [-0.4, -0.2) is 12.5 Å². The van der Waals surface area contributed by atoms with Crippen LogP contribution < -0.4 is 0 Å². The molecule has 0 atom stereocenters. The Kier molecular flexibility index (Phi) is 13.3. The predicted octanol–water partition coefficient (Wildman–Crippen LogP) is 3.30. The molecule has 0 amide bonds. The molecule has 0 radical (unpaired) electrons. The zero-order valence-corrected chi connectivity index (χ0v) is 9.76. The van der Waals surface area contributed by atoms with Crippen LogP contribution in [-0.2, 0) is 14.5 Å². The normalized spacial score (nSPS) is 10.4. The summed E-state index contributed by atoms with van der Waals surface area (Å²) in [4.78, 5) is 0. The van der Waals surface area contributed by atoms with Crippen LogP contribution in [0.3, 0.4) is 0 Å². The van der Waals surface area contributed by atoms with Gasteiger partial charge in [-0.15, -0.1) is 0 Å². The van der Waals surface area contributed by atoms with E-state index in [0.717, 1.165) is 37.0 Å². The van der Waals surface area contributed by atoms with Crippen LogP contribution in [0.25, 0.3) is 0 Å². The van der Waals surface area contributed by atoms with Gasteiger partial charge in [-0.05, 0) is 0 Å². The highest BCUT2D eigenvalue weighted by Gasteiger charge is 1.93. The van der Waals surface area contributed by atoms with Crippen molar-refractivity contribution in [3.05, 3.63) is 0 Å². The van der Waals surface area contributed by atoms with Crippen molar-refractivity contribution in [1.82, 2.24) is 0 Å². The maximum absolute atomic E-state index is 4.70. The van der Waals surface area contributed by atoms with Crippen LogP contribution in [0, 0.1) is 0 Å². The van der Waals surface area contributed by atoms with Crippen molar-refractivity contribution >= 4 is 61.1 Å². The fraction of sp³-hybridized carbons (Fsp3) is 1.00. The first-order valence-electron chi connectivity index (χ1n) is 2.15. The summed E-state index contributed by atoms with van der Waals surface area (Å²) in [5.41, 5.74) is 0. The topological polar surface area (TPSA) is 36.9 Å². The van der Waals surface area contributed by atoms with Gasteiger partial charge in [0, 0.05) is 36.6 Å². The molecule has 0 spiro atoms. The molecule has 0 aliphatic carbocycles. The van der Waals surface area contributed by atoms with E-state index in [1.54, 1.807) is 12.5 Å². The molecule has 0 unspecified atom stereocenters.